The van der Waals surface area contributed by atoms with Crippen LogP contribution in [0.4, 0.5) is 0 Å². The minimum Gasteiger partial charge on any atom is -0.480 e. The van der Waals surface area contributed by atoms with E-state index in [1.807, 2.05) is 6.26 Å². The van der Waals surface area contributed by atoms with Crippen LogP contribution in [0.25, 0.3) is 0 Å². The van der Waals surface area contributed by atoms with Gasteiger partial charge in [0.15, 0.2) is 0 Å². The maximum absolute atomic E-state index is 12.2. The molecule has 2 unspecified atom stereocenters. The van der Waals surface area contributed by atoms with Crippen LogP contribution in [0.3, 0.4) is 0 Å². The number of thioether (sulfide) groups is 1. The van der Waals surface area contributed by atoms with Crippen LogP contribution in [0, 0.1) is 0 Å². The molecule has 0 amide bonds. The zero-order valence-electron chi connectivity index (χ0n) is 11.7. The summed E-state index contributed by atoms with van der Waals surface area (Å²) in [5.74, 6) is -0.747. The first kappa shape index (κ1) is 17.7. The van der Waals surface area contributed by atoms with E-state index in [2.05, 4.69) is 4.72 Å². The van der Waals surface area contributed by atoms with Crippen molar-refractivity contribution in [1.82, 2.24) is 9.03 Å². The lowest BCUT2D eigenvalue weighted by atomic mass is 10.1. The highest BCUT2D eigenvalue weighted by Crippen LogP contribution is 2.20. The predicted molar refractivity (Wildman–Crippen MR) is 77.9 cm³/mol. The smallest absolute Gasteiger partial charge is 0.322 e. The number of aliphatic hydroxyl groups is 1. The number of nitrogens with one attached hydrogen (secondary N) is 1. The molecular formula is C11H22N2O5S2. The largest absolute Gasteiger partial charge is 0.480 e. The van der Waals surface area contributed by atoms with Gasteiger partial charge >= 0.3 is 5.97 Å². The molecule has 1 saturated heterocycles. The van der Waals surface area contributed by atoms with Crippen molar-refractivity contribution in [2.24, 2.45) is 0 Å². The average Bonchev–Trinajstić information content (AvgIpc) is 2.37. The first-order chi connectivity index (χ1) is 9.19. The number of nitrogens with zero attached hydrogens (tertiary/aromatic N) is 1. The highest BCUT2D eigenvalue weighted by molar-refractivity contribution is 7.98. The molecule has 1 fully saturated rings. The Bertz CT molecular complexity index is 438. The zero-order valence-corrected chi connectivity index (χ0v) is 13.3. The third-order valence-corrected chi connectivity index (χ3v) is 5.61. The minimum atomic E-state index is -3.90. The molecule has 1 aliphatic heterocycles. The molecule has 0 spiro atoms. The van der Waals surface area contributed by atoms with Crippen LogP contribution in [0.1, 0.15) is 26.2 Å². The van der Waals surface area contributed by atoms with Gasteiger partial charge < -0.3 is 10.2 Å². The van der Waals surface area contributed by atoms with Gasteiger partial charge in [0, 0.05) is 18.8 Å². The highest BCUT2D eigenvalue weighted by atomic mass is 32.2. The molecule has 7 nitrogen and oxygen atoms in total. The zero-order chi connectivity index (χ0) is 15.4. The Hall–Kier alpha value is -0.350. The number of carboxylic acid groups (broad SMARTS) is 1. The van der Waals surface area contributed by atoms with Crippen LogP contribution in [-0.2, 0) is 15.0 Å². The van der Waals surface area contributed by atoms with Gasteiger partial charge in [0.25, 0.3) is 10.2 Å². The van der Waals surface area contributed by atoms with Crippen LogP contribution in [0.5, 0.6) is 0 Å². The molecule has 0 radical (unpaired) electrons. The van der Waals surface area contributed by atoms with Gasteiger partial charge in [0.05, 0.1) is 5.60 Å². The molecule has 20 heavy (non-hydrogen) atoms. The third-order valence-electron chi connectivity index (χ3n) is 3.14. The van der Waals surface area contributed by atoms with E-state index in [9.17, 15) is 18.3 Å². The van der Waals surface area contributed by atoms with E-state index in [1.54, 1.807) is 0 Å². The second kappa shape index (κ2) is 7.08. The van der Waals surface area contributed by atoms with E-state index in [-0.39, 0.29) is 13.1 Å². The number of aliphatic carboxylic acids is 1. The molecule has 0 aliphatic carbocycles. The summed E-state index contributed by atoms with van der Waals surface area (Å²) < 4.78 is 27.7. The summed E-state index contributed by atoms with van der Waals surface area (Å²) in [5.41, 5.74) is -1.17. The Labute approximate surface area is 123 Å². The molecule has 0 aromatic rings. The molecule has 3 N–H and O–H groups in total. The van der Waals surface area contributed by atoms with E-state index in [1.165, 1.54) is 18.7 Å². The van der Waals surface area contributed by atoms with Gasteiger partial charge in [0.1, 0.15) is 6.04 Å². The monoisotopic (exact) mass is 326 g/mol. The van der Waals surface area contributed by atoms with E-state index in [0.717, 1.165) is 4.31 Å². The van der Waals surface area contributed by atoms with Gasteiger partial charge in [-0.2, -0.15) is 29.2 Å². The van der Waals surface area contributed by atoms with Crippen molar-refractivity contribution < 1.29 is 23.4 Å². The number of carbonyl (C=O) groups is 1. The Morgan fingerprint density at radius 2 is 2.15 bits per heavy atom. The van der Waals surface area contributed by atoms with Crippen molar-refractivity contribution in [3.05, 3.63) is 0 Å². The molecular weight excluding hydrogens is 304 g/mol. The quantitative estimate of drug-likeness (QED) is 0.602. The van der Waals surface area contributed by atoms with Crippen molar-refractivity contribution in [2.45, 2.75) is 37.8 Å². The van der Waals surface area contributed by atoms with Crippen LogP contribution in [0.2, 0.25) is 0 Å². The molecule has 9 heteroatoms. The first-order valence-electron chi connectivity index (χ1n) is 6.40. The van der Waals surface area contributed by atoms with Gasteiger partial charge in [-0.05, 0) is 32.4 Å². The maximum Gasteiger partial charge on any atom is 0.322 e. The van der Waals surface area contributed by atoms with Crippen LogP contribution in [0.15, 0.2) is 0 Å². The molecule has 1 rings (SSSR count). The average molecular weight is 326 g/mol. The fourth-order valence-electron chi connectivity index (χ4n) is 2.13. The van der Waals surface area contributed by atoms with Crippen molar-refractivity contribution in [2.75, 3.05) is 25.1 Å². The molecule has 0 bridgehead atoms. The van der Waals surface area contributed by atoms with E-state index in [4.69, 9.17) is 5.11 Å². The number of hydrogen-bond donors (Lipinski definition) is 3. The SMILES string of the molecule is CSCC(C)(O)CNS(=O)(=O)N1CCCCC1C(=O)O. The molecule has 2 atom stereocenters. The Morgan fingerprint density at radius 3 is 2.70 bits per heavy atom. The summed E-state index contributed by atoms with van der Waals surface area (Å²) in [4.78, 5) is 11.1. The molecule has 118 valence electrons. The summed E-state index contributed by atoms with van der Waals surface area (Å²) in [7, 11) is -3.90. The molecule has 0 aromatic carbocycles. The fourth-order valence-corrected chi connectivity index (χ4v) is 4.41. The van der Waals surface area contributed by atoms with Crippen molar-refractivity contribution in [3.63, 3.8) is 0 Å². The predicted octanol–water partition coefficient (Wildman–Crippen LogP) is -0.126. The number of piperidine rings is 1. The van der Waals surface area contributed by atoms with Crippen molar-refractivity contribution in [1.29, 1.82) is 0 Å². The van der Waals surface area contributed by atoms with Gasteiger partial charge in [0.2, 0.25) is 0 Å². The minimum absolute atomic E-state index is 0.140. The Kier molecular flexibility index (Phi) is 6.26. The molecule has 1 aliphatic rings. The fraction of sp³-hybridized carbons (Fsp3) is 0.909. The second-order valence-corrected chi connectivity index (χ2v) is 7.79. The van der Waals surface area contributed by atoms with E-state index < -0.39 is 27.8 Å². The molecule has 0 saturated carbocycles. The lowest BCUT2D eigenvalue weighted by Gasteiger charge is -2.33. The molecule has 0 aromatic heterocycles. The van der Waals surface area contributed by atoms with Gasteiger partial charge in [-0.1, -0.05) is 0 Å². The summed E-state index contributed by atoms with van der Waals surface area (Å²) >= 11 is 1.41. The van der Waals surface area contributed by atoms with Crippen molar-refractivity contribution >= 4 is 27.9 Å². The topological polar surface area (TPSA) is 107 Å². The number of rotatable bonds is 7. The van der Waals surface area contributed by atoms with Gasteiger partial charge in [-0.3, -0.25) is 4.79 Å². The van der Waals surface area contributed by atoms with Gasteiger partial charge in [-0.15, -0.1) is 0 Å². The van der Waals surface area contributed by atoms with E-state index in [0.29, 0.717) is 25.0 Å². The normalized spacial score (nSPS) is 24.2. The van der Waals surface area contributed by atoms with Crippen LogP contribution >= 0.6 is 11.8 Å². The Morgan fingerprint density at radius 1 is 1.50 bits per heavy atom. The lowest BCUT2D eigenvalue weighted by Crippen LogP contribution is -2.54. The maximum atomic E-state index is 12.2. The highest BCUT2D eigenvalue weighted by Gasteiger charge is 2.37. The summed E-state index contributed by atoms with van der Waals surface area (Å²) in [6, 6.07) is -1.02. The number of carboxylic acids is 1. The summed E-state index contributed by atoms with van der Waals surface area (Å²) in [5, 5.41) is 19.1. The van der Waals surface area contributed by atoms with E-state index >= 15 is 0 Å². The summed E-state index contributed by atoms with van der Waals surface area (Å²) in [6.45, 7) is 1.59. The Balaban J connectivity index is 2.74. The number of hydrogen-bond acceptors (Lipinski definition) is 5. The van der Waals surface area contributed by atoms with Crippen LogP contribution < -0.4 is 4.72 Å². The second-order valence-electron chi connectivity index (χ2n) is 5.22. The molecule has 1 heterocycles. The van der Waals surface area contributed by atoms with Crippen molar-refractivity contribution in [3.8, 4) is 0 Å². The first-order valence-corrected chi connectivity index (χ1v) is 9.23. The third kappa shape index (κ3) is 4.88. The van der Waals surface area contributed by atoms with Gasteiger partial charge in [-0.25, -0.2) is 0 Å². The van der Waals surface area contributed by atoms with Crippen LogP contribution in [-0.4, -0.2) is 65.6 Å². The standard InChI is InChI=1S/C11H22N2O5S2/c1-11(16,8-19-2)7-12-20(17,18)13-6-4-3-5-9(13)10(14)15/h9,12,16H,3-8H2,1-2H3,(H,14,15). The lowest BCUT2D eigenvalue weighted by molar-refractivity contribution is -0.142. The summed E-state index contributed by atoms with van der Waals surface area (Å²) in [6.07, 6.45) is 3.48.